The van der Waals surface area contributed by atoms with Gasteiger partial charge in [-0.2, -0.15) is 0 Å². The van der Waals surface area contributed by atoms with Gasteiger partial charge in [0.15, 0.2) is 23.0 Å². The summed E-state index contributed by atoms with van der Waals surface area (Å²) in [6.45, 7) is 1.17. The van der Waals surface area contributed by atoms with E-state index >= 15 is 0 Å². The summed E-state index contributed by atoms with van der Waals surface area (Å²) in [7, 11) is 0. The van der Waals surface area contributed by atoms with Crippen LogP contribution in [0, 0.1) is 0 Å². The number of hydrogen-bond acceptors (Lipinski definition) is 6. The van der Waals surface area contributed by atoms with Crippen LogP contribution in [0.1, 0.15) is 15.9 Å². The lowest BCUT2D eigenvalue weighted by molar-refractivity contribution is 0.0471. The van der Waals surface area contributed by atoms with E-state index in [4.69, 9.17) is 35.3 Å². The van der Waals surface area contributed by atoms with E-state index in [1.807, 2.05) is 0 Å². The first-order chi connectivity index (χ1) is 11.7. The molecule has 0 aromatic heterocycles. The fraction of sp³-hybridized carbons (Fsp3) is 0.235. The third-order valence-corrected chi connectivity index (χ3v) is 3.92. The number of benzene rings is 2. The molecule has 0 N–H and O–H groups in total. The lowest BCUT2D eigenvalue weighted by Crippen LogP contribution is -2.16. The molecule has 0 bridgehead atoms. The van der Waals surface area contributed by atoms with Gasteiger partial charge in [-0.1, -0.05) is 11.6 Å². The van der Waals surface area contributed by atoms with Crippen LogP contribution in [-0.2, 0) is 11.3 Å². The third kappa shape index (κ3) is 2.80. The Morgan fingerprint density at radius 3 is 2.71 bits per heavy atom. The number of rotatable bonds is 3. The summed E-state index contributed by atoms with van der Waals surface area (Å²) in [5.41, 5.74) is 1.11. The van der Waals surface area contributed by atoms with Crippen molar-refractivity contribution >= 4 is 17.6 Å². The summed E-state index contributed by atoms with van der Waals surface area (Å²) >= 11 is 6.11. The van der Waals surface area contributed by atoms with E-state index in [0.29, 0.717) is 46.8 Å². The number of carbonyl (C=O) groups is 1. The number of fused-ring (bicyclic) bond motifs is 2. The van der Waals surface area contributed by atoms with Gasteiger partial charge in [-0.3, -0.25) is 0 Å². The Bertz CT molecular complexity index is 804. The standard InChI is InChI=1S/C17H13ClO6/c18-12-5-10(6-15-16(12)24-9-23-15)8-22-17(19)11-1-2-13-14(7-11)21-4-3-20-13/h1-2,5-7H,3-4,8-9H2. The van der Waals surface area contributed by atoms with E-state index in [2.05, 4.69) is 0 Å². The quantitative estimate of drug-likeness (QED) is 0.794. The first kappa shape index (κ1) is 15.0. The van der Waals surface area contributed by atoms with Crippen LogP contribution in [0.15, 0.2) is 30.3 Å². The molecule has 2 heterocycles. The highest BCUT2D eigenvalue weighted by atomic mass is 35.5. The molecule has 0 fully saturated rings. The van der Waals surface area contributed by atoms with Crippen molar-refractivity contribution in [2.45, 2.75) is 6.61 Å². The van der Waals surface area contributed by atoms with Gasteiger partial charge in [0.25, 0.3) is 0 Å². The molecule has 0 saturated heterocycles. The first-order valence-electron chi connectivity index (χ1n) is 7.35. The molecule has 0 amide bonds. The van der Waals surface area contributed by atoms with Gasteiger partial charge in [0.1, 0.15) is 19.8 Å². The van der Waals surface area contributed by atoms with Crippen LogP contribution in [0.4, 0.5) is 0 Å². The van der Waals surface area contributed by atoms with Crippen molar-refractivity contribution in [3.05, 3.63) is 46.5 Å². The summed E-state index contributed by atoms with van der Waals surface area (Å²) in [6, 6.07) is 8.38. The second kappa shape index (κ2) is 6.13. The highest BCUT2D eigenvalue weighted by molar-refractivity contribution is 6.32. The van der Waals surface area contributed by atoms with E-state index in [0.717, 1.165) is 5.56 Å². The predicted octanol–water partition coefficient (Wildman–Crippen LogP) is 3.20. The largest absolute Gasteiger partial charge is 0.486 e. The summed E-state index contributed by atoms with van der Waals surface area (Å²) in [5, 5.41) is 0.426. The van der Waals surface area contributed by atoms with E-state index in [1.54, 1.807) is 30.3 Å². The molecular weight excluding hydrogens is 336 g/mol. The van der Waals surface area contributed by atoms with Crippen molar-refractivity contribution in [3.63, 3.8) is 0 Å². The summed E-state index contributed by atoms with van der Waals surface area (Å²) in [5.74, 6) is 1.77. The Labute approximate surface area is 142 Å². The van der Waals surface area contributed by atoms with Crippen molar-refractivity contribution in [2.75, 3.05) is 20.0 Å². The van der Waals surface area contributed by atoms with E-state index in [-0.39, 0.29) is 13.4 Å². The first-order valence-corrected chi connectivity index (χ1v) is 7.73. The summed E-state index contributed by atoms with van der Waals surface area (Å²) in [6.07, 6.45) is 0. The SMILES string of the molecule is O=C(OCc1cc(Cl)c2c(c1)OCO2)c1ccc2c(c1)OCCO2. The van der Waals surface area contributed by atoms with Gasteiger partial charge in [0.2, 0.25) is 6.79 Å². The molecule has 2 aromatic carbocycles. The fourth-order valence-electron chi connectivity index (χ4n) is 2.51. The number of esters is 1. The van der Waals surface area contributed by atoms with Crippen molar-refractivity contribution in [2.24, 2.45) is 0 Å². The molecule has 24 heavy (non-hydrogen) atoms. The minimum absolute atomic E-state index is 0.0731. The molecule has 6 nitrogen and oxygen atoms in total. The van der Waals surface area contributed by atoms with Crippen molar-refractivity contribution < 1.29 is 28.5 Å². The van der Waals surface area contributed by atoms with Crippen LogP contribution in [0.2, 0.25) is 5.02 Å². The Kier molecular flexibility index (Phi) is 3.82. The maximum absolute atomic E-state index is 12.2. The molecule has 0 unspecified atom stereocenters. The summed E-state index contributed by atoms with van der Waals surface area (Å²) in [4.78, 5) is 12.2. The minimum atomic E-state index is -0.458. The van der Waals surface area contributed by atoms with Crippen molar-refractivity contribution in [1.29, 1.82) is 0 Å². The maximum atomic E-state index is 12.2. The number of ether oxygens (including phenoxy) is 5. The Hall–Kier alpha value is -2.60. The highest BCUT2D eigenvalue weighted by Gasteiger charge is 2.19. The Balaban J connectivity index is 1.46. The molecular formula is C17H13ClO6. The molecule has 4 rings (SSSR count). The second-order valence-electron chi connectivity index (χ2n) is 5.25. The molecule has 2 aliphatic heterocycles. The number of halogens is 1. The molecule has 0 spiro atoms. The van der Waals surface area contributed by atoms with Gasteiger partial charge >= 0.3 is 5.97 Å². The van der Waals surface area contributed by atoms with Crippen molar-refractivity contribution in [1.82, 2.24) is 0 Å². The highest BCUT2D eigenvalue weighted by Crippen LogP contribution is 2.40. The smallest absolute Gasteiger partial charge is 0.338 e. The molecule has 0 atom stereocenters. The van der Waals surface area contributed by atoms with E-state index < -0.39 is 5.97 Å². The van der Waals surface area contributed by atoms with Crippen LogP contribution in [0.3, 0.4) is 0 Å². The zero-order chi connectivity index (χ0) is 16.5. The van der Waals surface area contributed by atoms with Crippen molar-refractivity contribution in [3.8, 4) is 23.0 Å². The van der Waals surface area contributed by atoms with Crippen LogP contribution < -0.4 is 18.9 Å². The van der Waals surface area contributed by atoms with Crippen LogP contribution in [0.25, 0.3) is 0 Å². The van der Waals surface area contributed by atoms with Gasteiger partial charge in [-0.05, 0) is 35.9 Å². The molecule has 0 radical (unpaired) electrons. The molecule has 0 saturated carbocycles. The lowest BCUT2D eigenvalue weighted by Gasteiger charge is -2.18. The minimum Gasteiger partial charge on any atom is -0.486 e. The molecule has 2 aromatic rings. The van der Waals surface area contributed by atoms with Gasteiger partial charge in [-0.25, -0.2) is 4.79 Å². The van der Waals surface area contributed by atoms with Gasteiger partial charge in [0.05, 0.1) is 10.6 Å². The average molecular weight is 349 g/mol. The average Bonchev–Trinajstić information content (AvgIpc) is 3.08. The monoisotopic (exact) mass is 348 g/mol. The molecule has 124 valence electrons. The molecule has 0 aliphatic carbocycles. The lowest BCUT2D eigenvalue weighted by atomic mass is 10.2. The van der Waals surface area contributed by atoms with Crippen LogP contribution in [0.5, 0.6) is 23.0 Å². The number of hydrogen-bond donors (Lipinski definition) is 0. The predicted molar refractivity (Wildman–Crippen MR) is 84.1 cm³/mol. The Morgan fingerprint density at radius 1 is 1.00 bits per heavy atom. The molecule has 2 aliphatic rings. The maximum Gasteiger partial charge on any atom is 0.338 e. The zero-order valence-electron chi connectivity index (χ0n) is 12.5. The number of carbonyl (C=O) groups excluding carboxylic acids is 1. The van der Waals surface area contributed by atoms with Gasteiger partial charge in [0, 0.05) is 0 Å². The van der Waals surface area contributed by atoms with E-state index in [9.17, 15) is 4.79 Å². The molecule has 7 heteroatoms. The Morgan fingerprint density at radius 2 is 1.83 bits per heavy atom. The zero-order valence-corrected chi connectivity index (χ0v) is 13.3. The van der Waals surface area contributed by atoms with Crippen LogP contribution in [-0.4, -0.2) is 26.0 Å². The van der Waals surface area contributed by atoms with Crippen LogP contribution >= 0.6 is 11.6 Å². The normalized spacial score (nSPS) is 14.4. The van der Waals surface area contributed by atoms with Gasteiger partial charge in [-0.15, -0.1) is 0 Å². The van der Waals surface area contributed by atoms with E-state index in [1.165, 1.54) is 0 Å². The van der Waals surface area contributed by atoms with Gasteiger partial charge < -0.3 is 23.7 Å². The second-order valence-corrected chi connectivity index (χ2v) is 5.65. The fourth-order valence-corrected chi connectivity index (χ4v) is 2.79. The summed E-state index contributed by atoms with van der Waals surface area (Å²) < 4.78 is 26.8. The topological polar surface area (TPSA) is 63.2 Å². The third-order valence-electron chi connectivity index (χ3n) is 3.63.